The molecule has 0 radical (unpaired) electrons. The number of allylic oxidation sites excluding steroid dienone is 6. The summed E-state index contributed by atoms with van der Waals surface area (Å²) < 4.78 is 32.8. The maximum atomic E-state index is 12.7. The molecule has 0 saturated carbocycles. The molecule has 0 bridgehead atoms. The van der Waals surface area contributed by atoms with E-state index in [1.54, 1.807) is 0 Å². The van der Waals surface area contributed by atoms with Gasteiger partial charge in [-0.2, -0.15) is 0 Å². The lowest BCUT2D eigenvalue weighted by Crippen LogP contribution is -2.34. The number of phosphoric ester groups is 1. The first kappa shape index (κ1) is 57.7. The van der Waals surface area contributed by atoms with Crippen LogP contribution in [0.4, 0.5) is 0 Å². The number of carbonyl (C=O) groups is 3. The standard InChI is InChI=1S/C48H88NO10P/c1-3-5-7-9-11-13-15-17-19-21-22-24-26-28-30-32-34-36-38-40-47(51)59-44(42-57-60(54,55)58-43-45(49)48(52)53)41-56-46(50)39-37-35-33-31-29-27-25-23-20-18-16-14-12-10-8-6-4-2/h12,14,18,20-22,44-45H,3-11,13,15-17,19,23-43,49H2,1-2H3,(H,52,53)(H,54,55)/b14-12-,20-18-,22-21-/t44-,45+/m1/s1. The van der Waals surface area contributed by atoms with Gasteiger partial charge in [0.1, 0.15) is 12.6 Å². The second-order valence-corrected chi connectivity index (χ2v) is 17.7. The second kappa shape index (κ2) is 43.4. The fraction of sp³-hybridized carbons (Fsp3) is 0.812. The molecule has 12 heteroatoms. The van der Waals surface area contributed by atoms with Gasteiger partial charge in [0.25, 0.3) is 0 Å². The predicted octanol–water partition coefficient (Wildman–Crippen LogP) is 13.2. The Morgan fingerprint density at radius 1 is 0.517 bits per heavy atom. The Bertz CT molecular complexity index is 1160. The van der Waals surface area contributed by atoms with Crippen molar-refractivity contribution in [3.05, 3.63) is 36.5 Å². The second-order valence-electron chi connectivity index (χ2n) is 16.2. The van der Waals surface area contributed by atoms with Crippen LogP contribution in [0, 0.1) is 0 Å². The lowest BCUT2D eigenvalue weighted by Gasteiger charge is -2.20. The molecule has 0 amide bonds. The molecule has 4 N–H and O–H groups in total. The van der Waals surface area contributed by atoms with E-state index in [2.05, 4.69) is 54.8 Å². The minimum Gasteiger partial charge on any atom is -0.480 e. The fourth-order valence-electron chi connectivity index (χ4n) is 6.56. The first-order valence-electron chi connectivity index (χ1n) is 24.0. The summed E-state index contributed by atoms with van der Waals surface area (Å²) in [6.07, 6.45) is 47.7. The molecule has 0 spiro atoms. The molecular formula is C48H88NO10P. The van der Waals surface area contributed by atoms with Crippen LogP contribution in [0.2, 0.25) is 0 Å². The number of nitrogens with two attached hydrogens (primary N) is 1. The summed E-state index contributed by atoms with van der Waals surface area (Å²) in [6.45, 7) is 2.79. The van der Waals surface area contributed by atoms with E-state index in [9.17, 15) is 23.8 Å². The van der Waals surface area contributed by atoms with Crippen molar-refractivity contribution in [1.29, 1.82) is 0 Å². The minimum absolute atomic E-state index is 0.155. The monoisotopic (exact) mass is 870 g/mol. The Labute approximate surface area is 365 Å². The number of hydrogen-bond acceptors (Lipinski definition) is 9. The fourth-order valence-corrected chi connectivity index (χ4v) is 7.34. The van der Waals surface area contributed by atoms with E-state index >= 15 is 0 Å². The molecule has 0 aromatic rings. The Hall–Kier alpha value is -2.30. The Morgan fingerprint density at radius 2 is 0.883 bits per heavy atom. The van der Waals surface area contributed by atoms with Crippen LogP contribution >= 0.6 is 7.82 Å². The maximum Gasteiger partial charge on any atom is 0.472 e. The van der Waals surface area contributed by atoms with Crippen molar-refractivity contribution in [1.82, 2.24) is 0 Å². The first-order valence-corrected chi connectivity index (χ1v) is 25.5. The quantitative estimate of drug-likeness (QED) is 0.0230. The average Bonchev–Trinajstić information content (AvgIpc) is 3.22. The normalized spacial score (nSPS) is 13.9. The van der Waals surface area contributed by atoms with Crippen LogP contribution in [0.5, 0.6) is 0 Å². The van der Waals surface area contributed by atoms with Crippen LogP contribution < -0.4 is 5.73 Å². The lowest BCUT2D eigenvalue weighted by molar-refractivity contribution is -0.161. The summed E-state index contributed by atoms with van der Waals surface area (Å²) in [6, 6.07) is -1.52. The SMILES string of the molecule is CCCCC/C=C\C/C=C\CCCCCCCCCC(=O)OC[C@H](COP(=O)(O)OC[C@H](N)C(=O)O)OC(=O)CCCCCCCCC/C=C\CCCCCCCCCC. The molecule has 350 valence electrons. The van der Waals surface area contributed by atoms with Gasteiger partial charge in [-0.1, -0.05) is 172 Å². The predicted molar refractivity (Wildman–Crippen MR) is 245 cm³/mol. The molecule has 0 aromatic heterocycles. The van der Waals surface area contributed by atoms with E-state index in [1.165, 1.54) is 116 Å². The molecule has 0 aliphatic rings. The Balaban J connectivity index is 4.31. The van der Waals surface area contributed by atoms with Crippen LogP contribution in [0.15, 0.2) is 36.5 Å². The molecule has 1 unspecified atom stereocenters. The van der Waals surface area contributed by atoms with Gasteiger partial charge in [-0.3, -0.25) is 23.4 Å². The smallest absolute Gasteiger partial charge is 0.472 e. The number of aliphatic carboxylic acids is 1. The van der Waals surface area contributed by atoms with Gasteiger partial charge in [-0.05, 0) is 70.6 Å². The number of unbranched alkanes of at least 4 members (excludes halogenated alkanes) is 25. The molecular weight excluding hydrogens is 781 g/mol. The van der Waals surface area contributed by atoms with Gasteiger partial charge >= 0.3 is 25.7 Å². The number of rotatable bonds is 45. The summed E-state index contributed by atoms with van der Waals surface area (Å²) in [5, 5.41) is 8.91. The van der Waals surface area contributed by atoms with Crippen LogP contribution in [-0.4, -0.2) is 59.9 Å². The van der Waals surface area contributed by atoms with Crippen LogP contribution in [0.25, 0.3) is 0 Å². The van der Waals surface area contributed by atoms with E-state index in [0.29, 0.717) is 12.8 Å². The molecule has 0 aromatic carbocycles. The number of carboxylic acids is 1. The molecule has 0 heterocycles. The lowest BCUT2D eigenvalue weighted by atomic mass is 10.1. The van der Waals surface area contributed by atoms with Gasteiger partial charge < -0.3 is 25.2 Å². The average molecular weight is 870 g/mol. The third-order valence-corrected chi connectivity index (χ3v) is 11.3. The van der Waals surface area contributed by atoms with Crippen molar-refractivity contribution in [2.24, 2.45) is 5.73 Å². The van der Waals surface area contributed by atoms with Crippen molar-refractivity contribution in [3.63, 3.8) is 0 Å². The largest absolute Gasteiger partial charge is 0.480 e. The Morgan fingerprint density at radius 3 is 1.35 bits per heavy atom. The minimum atomic E-state index is -4.72. The zero-order valence-electron chi connectivity index (χ0n) is 38.1. The summed E-state index contributed by atoms with van der Waals surface area (Å²) in [5.41, 5.74) is 5.34. The highest BCUT2D eigenvalue weighted by molar-refractivity contribution is 7.47. The number of carboxylic acid groups (broad SMARTS) is 1. The summed E-state index contributed by atoms with van der Waals surface area (Å²) in [4.78, 5) is 46.1. The molecule has 0 fully saturated rings. The van der Waals surface area contributed by atoms with Gasteiger partial charge in [-0.15, -0.1) is 0 Å². The van der Waals surface area contributed by atoms with Crippen molar-refractivity contribution in [3.8, 4) is 0 Å². The molecule has 11 nitrogen and oxygen atoms in total. The third-order valence-electron chi connectivity index (χ3n) is 10.4. The van der Waals surface area contributed by atoms with Gasteiger partial charge in [0, 0.05) is 12.8 Å². The maximum absolute atomic E-state index is 12.7. The number of carbonyl (C=O) groups excluding carboxylic acids is 2. The van der Waals surface area contributed by atoms with Crippen LogP contribution in [0.3, 0.4) is 0 Å². The third kappa shape index (κ3) is 42.4. The summed E-state index contributed by atoms with van der Waals surface area (Å²) >= 11 is 0. The van der Waals surface area contributed by atoms with Gasteiger partial charge in [0.05, 0.1) is 13.2 Å². The van der Waals surface area contributed by atoms with Gasteiger partial charge in [-0.25, -0.2) is 4.57 Å². The van der Waals surface area contributed by atoms with E-state index in [0.717, 1.165) is 64.2 Å². The van der Waals surface area contributed by atoms with E-state index < -0.39 is 51.1 Å². The zero-order chi connectivity index (χ0) is 44.2. The van der Waals surface area contributed by atoms with E-state index in [-0.39, 0.29) is 19.4 Å². The molecule has 0 aliphatic heterocycles. The van der Waals surface area contributed by atoms with E-state index in [1.807, 2.05) is 0 Å². The van der Waals surface area contributed by atoms with Gasteiger partial charge in [0.15, 0.2) is 6.10 Å². The Kier molecular flexibility index (Phi) is 41.7. The van der Waals surface area contributed by atoms with E-state index in [4.69, 9.17) is 24.8 Å². The molecule has 0 rings (SSSR count). The summed E-state index contributed by atoms with van der Waals surface area (Å²) in [7, 11) is -4.72. The number of hydrogen-bond donors (Lipinski definition) is 3. The molecule has 60 heavy (non-hydrogen) atoms. The van der Waals surface area contributed by atoms with Crippen molar-refractivity contribution >= 4 is 25.7 Å². The summed E-state index contributed by atoms with van der Waals surface area (Å²) in [5.74, 6) is -2.39. The van der Waals surface area contributed by atoms with Crippen LogP contribution in [-0.2, 0) is 37.5 Å². The van der Waals surface area contributed by atoms with Crippen molar-refractivity contribution in [2.75, 3.05) is 19.8 Å². The first-order chi connectivity index (χ1) is 29.1. The van der Waals surface area contributed by atoms with Crippen molar-refractivity contribution < 1.29 is 47.5 Å². The number of esters is 2. The zero-order valence-corrected chi connectivity index (χ0v) is 38.9. The highest BCUT2D eigenvalue weighted by Gasteiger charge is 2.28. The molecule has 3 atom stereocenters. The number of phosphoric acid groups is 1. The highest BCUT2D eigenvalue weighted by Crippen LogP contribution is 2.43. The van der Waals surface area contributed by atoms with Gasteiger partial charge in [0.2, 0.25) is 0 Å². The van der Waals surface area contributed by atoms with Crippen molar-refractivity contribution in [2.45, 2.75) is 231 Å². The topological polar surface area (TPSA) is 172 Å². The molecule has 0 aliphatic carbocycles. The van der Waals surface area contributed by atoms with Crippen LogP contribution in [0.1, 0.15) is 219 Å². The highest BCUT2D eigenvalue weighted by atomic mass is 31.2. The molecule has 0 saturated heterocycles. The number of ether oxygens (including phenoxy) is 2.